The quantitative estimate of drug-likeness (QED) is 0.836. The normalized spacial score (nSPS) is 17.0. The Morgan fingerprint density at radius 2 is 2.16 bits per heavy atom. The van der Waals surface area contributed by atoms with Crippen LogP contribution in [0.25, 0.3) is 0 Å². The van der Waals surface area contributed by atoms with Gasteiger partial charge in [0, 0.05) is 17.5 Å². The lowest BCUT2D eigenvalue weighted by molar-refractivity contribution is 0.0801. The number of Topliss-reactive ketones (excluding diaryl/α,β-unsaturated/α-hetero) is 1. The maximum atomic E-state index is 12.3. The number of nitrogens with one attached hydrogen (secondary N) is 1. The molecular weight excluding hydrogens is 240 g/mol. The molecule has 0 bridgehead atoms. The number of para-hydroxylation sites is 2. The molecular formula is C15H14N2O2. The van der Waals surface area contributed by atoms with Crippen molar-refractivity contribution in [3.8, 4) is 5.75 Å². The Hall–Kier alpha value is -2.36. The fourth-order valence-corrected chi connectivity index (χ4v) is 2.06. The van der Waals surface area contributed by atoms with Crippen molar-refractivity contribution in [2.24, 2.45) is 0 Å². The summed E-state index contributed by atoms with van der Waals surface area (Å²) in [7, 11) is 0. The number of benzene rings is 1. The highest BCUT2D eigenvalue weighted by atomic mass is 16.5. The number of anilines is 1. The van der Waals surface area contributed by atoms with Gasteiger partial charge in [0.15, 0.2) is 6.10 Å². The average molecular weight is 254 g/mol. The number of rotatable bonds is 2. The van der Waals surface area contributed by atoms with Crippen molar-refractivity contribution in [3.63, 3.8) is 0 Å². The van der Waals surface area contributed by atoms with E-state index in [4.69, 9.17) is 4.74 Å². The van der Waals surface area contributed by atoms with Crippen LogP contribution in [0.3, 0.4) is 0 Å². The lowest BCUT2D eigenvalue weighted by atomic mass is 10.1. The topological polar surface area (TPSA) is 51.2 Å². The number of aryl methyl sites for hydroxylation is 1. The maximum Gasteiger partial charge on any atom is 0.206 e. The fourth-order valence-electron chi connectivity index (χ4n) is 2.06. The first-order chi connectivity index (χ1) is 9.24. The molecule has 1 aromatic carbocycles. The second-order valence-electron chi connectivity index (χ2n) is 4.54. The number of carbonyl (C=O) groups excluding carboxylic acids is 1. The van der Waals surface area contributed by atoms with E-state index in [-0.39, 0.29) is 5.78 Å². The Bertz CT molecular complexity index is 608. The van der Waals surface area contributed by atoms with Gasteiger partial charge in [0.1, 0.15) is 5.75 Å². The molecule has 0 fully saturated rings. The molecule has 0 aliphatic carbocycles. The number of carbonyl (C=O) groups is 1. The second-order valence-corrected chi connectivity index (χ2v) is 4.54. The van der Waals surface area contributed by atoms with E-state index in [0.717, 1.165) is 11.4 Å². The second kappa shape index (κ2) is 4.72. The lowest BCUT2D eigenvalue weighted by Crippen LogP contribution is -2.37. The van der Waals surface area contributed by atoms with Gasteiger partial charge in [0.25, 0.3) is 0 Å². The third kappa shape index (κ3) is 2.29. The zero-order valence-electron chi connectivity index (χ0n) is 10.6. The Morgan fingerprint density at radius 1 is 1.32 bits per heavy atom. The largest absolute Gasteiger partial charge is 0.478 e. The molecule has 0 radical (unpaired) electrons. The summed E-state index contributed by atoms with van der Waals surface area (Å²) in [6, 6.07) is 11.2. The van der Waals surface area contributed by atoms with Gasteiger partial charge in [-0.05, 0) is 31.2 Å². The summed E-state index contributed by atoms with van der Waals surface area (Å²) in [5, 5.41) is 3.21. The first-order valence-corrected chi connectivity index (χ1v) is 6.20. The first-order valence-electron chi connectivity index (χ1n) is 6.20. The Kier molecular flexibility index (Phi) is 2.91. The standard InChI is InChI=1S/C15H14N2O2/c1-10-6-7-11(8-16-10)15(18)14-9-17-12-4-2-3-5-13(12)19-14/h2-8,14,17H,9H2,1H3. The van der Waals surface area contributed by atoms with Crippen LogP contribution in [0.1, 0.15) is 16.1 Å². The summed E-state index contributed by atoms with van der Waals surface area (Å²) >= 11 is 0. The molecule has 1 unspecified atom stereocenters. The molecule has 1 aliphatic heterocycles. The van der Waals surface area contributed by atoms with E-state index in [1.165, 1.54) is 0 Å². The van der Waals surface area contributed by atoms with Gasteiger partial charge >= 0.3 is 0 Å². The molecule has 0 saturated heterocycles. The number of ether oxygens (including phenoxy) is 1. The number of ketones is 1. The number of hydrogen-bond acceptors (Lipinski definition) is 4. The van der Waals surface area contributed by atoms with Gasteiger partial charge in [0.05, 0.1) is 12.2 Å². The summed E-state index contributed by atoms with van der Waals surface area (Å²) in [4.78, 5) is 16.5. The van der Waals surface area contributed by atoms with Crippen LogP contribution in [0.5, 0.6) is 5.75 Å². The zero-order chi connectivity index (χ0) is 13.2. The summed E-state index contributed by atoms with van der Waals surface area (Å²) in [5.74, 6) is 0.668. The summed E-state index contributed by atoms with van der Waals surface area (Å²) in [5.41, 5.74) is 2.40. The number of nitrogens with zero attached hydrogens (tertiary/aromatic N) is 1. The van der Waals surface area contributed by atoms with E-state index in [9.17, 15) is 4.79 Å². The predicted octanol–water partition coefficient (Wildman–Crippen LogP) is 2.45. The van der Waals surface area contributed by atoms with Crippen LogP contribution >= 0.6 is 0 Å². The molecule has 3 rings (SSSR count). The van der Waals surface area contributed by atoms with Gasteiger partial charge in [-0.1, -0.05) is 12.1 Å². The van der Waals surface area contributed by atoms with Gasteiger partial charge in [-0.2, -0.15) is 0 Å². The van der Waals surface area contributed by atoms with Crippen molar-refractivity contribution in [2.75, 3.05) is 11.9 Å². The van der Waals surface area contributed by atoms with E-state index < -0.39 is 6.10 Å². The molecule has 1 atom stereocenters. The molecule has 4 nitrogen and oxygen atoms in total. The number of fused-ring (bicyclic) bond motifs is 1. The van der Waals surface area contributed by atoms with Crippen LogP contribution < -0.4 is 10.1 Å². The van der Waals surface area contributed by atoms with E-state index in [0.29, 0.717) is 17.9 Å². The molecule has 19 heavy (non-hydrogen) atoms. The highest BCUT2D eigenvalue weighted by molar-refractivity contribution is 6.00. The smallest absolute Gasteiger partial charge is 0.206 e. The molecule has 0 amide bonds. The maximum absolute atomic E-state index is 12.3. The Labute approximate surface area is 111 Å². The van der Waals surface area contributed by atoms with Gasteiger partial charge in [0.2, 0.25) is 5.78 Å². The van der Waals surface area contributed by atoms with Crippen molar-refractivity contribution in [1.29, 1.82) is 0 Å². The minimum atomic E-state index is -0.501. The molecule has 2 aromatic rings. The highest BCUT2D eigenvalue weighted by Crippen LogP contribution is 2.28. The predicted molar refractivity (Wildman–Crippen MR) is 72.7 cm³/mol. The molecule has 96 valence electrons. The van der Waals surface area contributed by atoms with Crippen molar-refractivity contribution in [3.05, 3.63) is 53.9 Å². The third-order valence-electron chi connectivity index (χ3n) is 3.12. The zero-order valence-corrected chi connectivity index (χ0v) is 10.6. The molecule has 0 spiro atoms. The van der Waals surface area contributed by atoms with Gasteiger partial charge in [-0.3, -0.25) is 9.78 Å². The minimum Gasteiger partial charge on any atom is -0.478 e. The SMILES string of the molecule is Cc1ccc(C(=O)C2CNc3ccccc3O2)cn1. The highest BCUT2D eigenvalue weighted by Gasteiger charge is 2.26. The molecule has 1 aromatic heterocycles. The molecule has 4 heteroatoms. The first kappa shape index (κ1) is 11.7. The van der Waals surface area contributed by atoms with Gasteiger partial charge < -0.3 is 10.1 Å². The van der Waals surface area contributed by atoms with Crippen molar-refractivity contribution in [2.45, 2.75) is 13.0 Å². The van der Waals surface area contributed by atoms with Gasteiger partial charge in [-0.25, -0.2) is 0 Å². The van der Waals surface area contributed by atoms with Gasteiger partial charge in [-0.15, -0.1) is 0 Å². The minimum absolute atomic E-state index is 0.0468. The van der Waals surface area contributed by atoms with E-state index >= 15 is 0 Å². The van der Waals surface area contributed by atoms with Crippen LogP contribution in [-0.4, -0.2) is 23.4 Å². The monoisotopic (exact) mass is 254 g/mol. The van der Waals surface area contributed by atoms with Crippen molar-refractivity contribution >= 4 is 11.5 Å². The summed E-state index contributed by atoms with van der Waals surface area (Å²) < 4.78 is 5.74. The molecule has 2 heterocycles. The Balaban J connectivity index is 1.81. The van der Waals surface area contributed by atoms with E-state index in [1.54, 1.807) is 12.3 Å². The van der Waals surface area contributed by atoms with Crippen molar-refractivity contribution in [1.82, 2.24) is 4.98 Å². The molecule has 1 aliphatic rings. The molecule has 1 N–H and O–H groups in total. The Morgan fingerprint density at radius 3 is 2.95 bits per heavy atom. The van der Waals surface area contributed by atoms with Crippen LogP contribution in [0.4, 0.5) is 5.69 Å². The summed E-state index contributed by atoms with van der Waals surface area (Å²) in [6.45, 7) is 2.37. The van der Waals surface area contributed by atoms with Crippen molar-refractivity contribution < 1.29 is 9.53 Å². The average Bonchev–Trinajstić information content (AvgIpc) is 2.47. The van der Waals surface area contributed by atoms with Crippen LogP contribution in [0.15, 0.2) is 42.6 Å². The lowest BCUT2D eigenvalue weighted by Gasteiger charge is -2.26. The van der Waals surface area contributed by atoms with E-state index in [2.05, 4.69) is 10.3 Å². The fraction of sp³-hybridized carbons (Fsp3) is 0.200. The molecule has 0 saturated carbocycles. The number of pyridine rings is 1. The third-order valence-corrected chi connectivity index (χ3v) is 3.12. The number of aromatic nitrogens is 1. The van der Waals surface area contributed by atoms with Crippen LogP contribution in [0.2, 0.25) is 0 Å². The van der Waals surface area contributed by atoms with Crippen LogP contribution in [0, 0.1) is 6.92 Å². The summed E-state index contributed by atoms with van der Waals surface area (Å²) in [6.07, 6.45) is 1.10. The van der Waals surface area contributed by atoms with Crippen LogP contribution in [-0.2, 0) is 0 Å². The number of hydrogen-bond donors (Lipinski definition) is 1. The van der Waals surface area contributed by atoms with E-state index in [1.807, 2.05) is 37.3 Å².